The van der Waals surface area contributed by atoms with Gasteiger partial charge in [-0.05, 0) is 31.2 Å². The Morgan fingerprint density at radius 3 is 2.48 bits per heavy atom. The van der Waals surface area contributed by atoms with Crippen LogP contribution in [-0.4, -0.2) is 23.5 Å². The molecule has 0 aliphatic rings. The van der Waals surface area contributed by atoms with Crippen molar-refractivity contribution in [1.29, 1.82) is 0 Å². The number of nitrogens with zero attached hydrogens (tertiary/aromatic N) is 1. The molecule has 29 heavy (non-hydrogen) atoms. The lowest BCUT2D eigenvalue weighted by atomic mass is 10.1. The van der Waals surface area contributed by atoms with Gasteiger partial charge in [0.1, 0.15) is 29.5 Å². The molecule has 2 aromatic carbocycles. The Labute approximate surface area is 168 Å². The summed E-state index contributed by atoms with van der Waals surface area (Å²) in [5.74, 6) is -1.24. The second kappa shape index (κ2) is 10.5. The van der Waals surface area contributed by atoms with Crippen LogP contribution in [0.1, 0.15) is 36.7 Å². The number of fused-ring (bicyclic) bond motifs is 1. The number of carbonyl (C=O) groups is 1. The van der Waals surface area contributed by atoms with Gasteiger partial charge in [0.25, 0.3) is 5.91 Å². The van der Waals surface area contributed by atoms with Gasteiger partial charge in [-0.25, -0.2) is 8.78 Å². The van der Waals surface area contributed by atoms with Crippen molar-refractivity contribution in [3.8, 4) is 5.75 Å². The van der Waals surface area contributed by atoms with Crippen LogP contribution in [0.25, 0.3) is 10.9 Å². The van der Waals surface area contributed by atoms with Gasteiger partial charge in [-0.2, -0.15) is 0 Å². The third-order valence-electron chi connectivity index (χ3n) is 3.95. The number of hydrogen-bond acceptors (Lipinski definition) is 4. The zero-order chi connectivity index (χ0) is 21.4. The summed E-state index contributed by atoms with van der Waals surface area (Å²) in [6.07, 6.45) is 1.43. The molecule has 0 radical (unpaired) electrons. The van der Waals surface area contributed by atoms with Crippen molar-refractivity contribution in [2.24, 2.45) is 5.73 Å². The smallest absolute Gasteiger partial charge is 0.252 e. The van der Waals surface area contributed by atoms with Crippen LogP contribution in [0, 0.1) is 11.6 Å². The minimum atomic E-state index is -0.670. The Morgan fingerprint density at radius 2 is 1.83 bits per heavy atom. The van der Waals surface area contributed by atoms with Crippen molar-refractivity contribution in [2.75, 3.05) is 6.54 Å². The van der Waals surface area contributed by atoms with E-state index in [1.807, 2.05) is 13.8 Å². The Bertz CT molecular complexity index is 957. The third kappa shape index (κ3) is 5.71. The van der Waals surface area contributed by atoms with Gasteiger partial charge in [0.05, 0.1) is 11.1 Å². The van der Waals surface area contributed by atoms with E-state index in [2.05, 4.69) is 10.3 Å². The van der Waals surface area contributed by atoms with Gasteiger partial charge >= 0.3 is 0 Å². The number of aromatic nitrogens is 1. The van der Waals surface area contributed by atoms with E-state index in [1.54, 1.807) is 31.2 Å². The van der Waals surface area contributed by atoms with E-state index >= 15 is 0 Å². The van der Waals surface area contributed by atoms with Gasteiger partial charge in [0.15, 0.2) is 0 Å². The Kier molecular flexibility index (Phi) is 8.03. The maximum atomic E-state index is 13.7. The van der Waals surface area contributed by atoms with Crippen molar-refractivity contribution >= 4 is 16.8 Å². The molecule has 0 saturated heterocycles. The van der Waals surface area contributed by atoms with Crippen molar-refractivity contribution in [2.45, 2.75) is 33.4 Å². The van der Waals surface area contributed by atoms with E-state index in [-0.39, 0.29) is 24.1 Å². The van der Waals surface area contributed by atoms with Gasteiger partial charge in [0, 0.05) is 24.2 Å². The normalized spacial score (nSPS) is 11.4. The highest BCUT2D eigenvalue weighted by molar-refractivity contribution is 5.98. The van der Waals surface area contributed by atoms with E-state index in [9.17, 15) is 13.6 Å². The molecule has 5 nitrogen and oxygen atoms in total. The SMILES string of the molecule is CC.CC(N)CNC(=O)c1cnc2c(OCc3c(F)cccc3F)cccc2c1. The van der Waals surface area contributed by atoms with E-state index in [4.69, 9.17) is 10.5 Å². The van der Waals surface area contributed by atoms with Crippen LogP contribution in [0.5, 0.6) is 5.75 Å². The van der Waals surface area contributed by atoms with Gasteiger partial charge in [-0.1, -0.05) is 32.0 Å². The number of hydrogen-bond donors (Lipinski definition) is 2. The molecule has 3 rings (SSSR count). The lowest BCUT2D eigenvalue weighted by Gasteiger charge is -2.11. The zero-order valence-corrected chi connectivity index (χ0v) is 16.7. The average molecular weight is 401 g/mol. The zero-order valence-electron chi connectivity index (χ0n) is 16.7. The standard InChI is InChI=1S/C20H19F2N3O2.C2H6/c1-12(23)9-25-20(26)14-8-13-4-2-7-18(19(13)24-10-14)27-11-15-16(21)5-3-6-17(15)22;1-2/h2-8,10,12H,9,11,23H2,1H3,(H,25,26);1-2H3. The molecule has 154 valence electrons. The molecule has 0 aliphatic heterocycles. The van der Waals surface area contributed by atoms with Gasteiger partial charge in [-0.3, -0.25) is 9.78 Å². The number of para-hydroxylation sites is 1. The summed E-state index contributed by atoms with van der Waals surface area (Å²) in [5.41, 5.74) is 6.37. The third-order valence-corrected chi connectivity index (χ3v) is 3.95. The quantitative estimate of drug-likeness (QED) is 0.649. The topological polar surface area (TPSA) is 77.2 Å². The molecular weight excluding hydrogens is 376 g/mol. The van der Waals surface area contributed by atoms with Crippen LogP contribution >= 0.6 is 0 Å². The highest BCUT2D eigenvalue weighted by atomic mass is 19.1. The number of rotatable bonds is 6. The van der Waals surface area contributed by atoms with Crippen molar-refractivity contribution in [3.63, 3.8) is 0 Å². The number of nitrogens with two attached hydrogens (primary N) is 1. The van der Waals surface area contributed by atoms with Crippen LogP contribution in [-0.2, 0) is 6.61 Å². The molecule has 0 fully saturated rings. The number of pyridine rings is 1. The van der Waals surface area contributed by atoms with Crippen molar-refractivity contribution < 1.29 is 18.3 Å². The van der Waals surface area contributed by atoms with Crippen LogP contribution in [0.4, 0.5) is 8.78 Å². The highest BCUT2D eigenvalue weighted by Crippen LogP contribution is 2.26. The van der Waals surface area contributed by atoms with E-state index in [0.717, 1.165) is 0 Å². The summed E-state index contributed by atoms with van der Waals surface area (Å²) in [6, 6.07) is 10.3. The number of ether oxygens (including phenoxy) is 1. The van der Waals surface area contributed by atoms with Crippen molar-refractivity contribution in [3.05, 3.63) is 71.4 Å². The van der Waals surface area contributed by atoms with Crippen LogP contribution in [0.3, 0.4) is 0 Å². The first-order valence-corrected chi connectivity index (χ1v) is 9.44. The second-order valence-corrected chi connectivity index (χ2v) is 6.23. The number of carbonyl (C=O) groups excluding carboxylic acids is 1. The fraction of sp³-hybridized carbons (Fsp3) is 0.273. The summed E-state index contributed by atoms with van der Waals surface area (Å²) < 4.78 is 33.1. The molecule has 1 unspecified atom stereocenters. The predicted molar refractivity (Wildman–Crippen MR) is 110 cm³/mol. The molecule has 1 aromatic heterocycles. The number of amides is 1. The van der Waals surface area contributed by atoms with Crippen LogP contribution in [0.15, 0.2) is 48.7 Å². The highest BCUT2D eigenvalue weighted by Gasteiger charge is 2.13. The molecule has 0 saturated carbocycles. The first-order valence-electron chi connectivity index (χ1n) is 9.44. The van der Waals surface area contributed by atoms with E-state index in [0.29, 0.717) is 28.8 Å². The molecule has 1 amide bonds. The summed E-state index contributed by atoms with van der Waals surface area (Å²) in [7, 11) is 0. The lowest BCUT2D eigenvalue weighted by Crippen LogP contribution is -2.35. The lowest BCUT2D eigenvalue weighted by molar-refractivity contribution is 0.0951. The minimum Gasteiger partial charge on any atom is -0.486 e. The Morgan fingerprint density at radius 1 is 1.17 bits per heavy atom. The molecule has 3 N–H and O–H groups in total. The number of nitrogens with one attached hydrogen (secondary N) is 1. The van der Waals surface area contributed by atoms with Gasteiger partial charge in [0.2, 0.25) is 0 Å². The molecule has 0 aliphatic carbocycles. The maximum Gasteiger partial charge on any atom is 0.252 e. The molecule has 0 bridgehead atoms. The van der Waals surface area contributed by atoms with E-state index < -0.39 is 11.6 Å². The predicted octanol–water partition coefficient (Wildman–Crippen LogP) is 4.20. The summed E-state index contributed by atoms with van der Waals surface area (Å²) in [6.45, 7) is 5.88. The van der Waals surface area contributed by atoms with Crippen LogP contribution in [0.2, 0.25) is 0 Å². The van der Waals surface area contributed by atoms with E-state index in [1.165, 1.54) is 24.4 Å². The molecule has 1 heterocycles. The molecule has 7 heteroatoms. The largest absolute Gasteiger partial charge is 0.486 e. The average Bonchev–Trinajstić information content (AvgIpc) is 2.72. The second-order valence-electron chi connectivity index (χ2n) is 6.23. The summed E-state index contributed by atoms with van der Waals surface area (Å²) >= 11 is 0. The molecule has 0 spiro atoms. The number of halogens is 2. The Hall–Kier alpha value is -3.06. The van der Waals surface area contributed by atoms with Gasteiger partial charge in [-0.15, -0.1) is 0 Å². The molecular formula is C22H25F2N3O2. The summed E-state index contributed by atoms with van der Waals surface area (Å²) in [5, 5.41) is 3.39. The summed E-state index contributed by atoms with van der Waals surface area (Å²) in [4.78, 5) is 16.4. The minimum absolute atomic E-state index is 0.151. The molecule has 1 atom stereocenters. The number of benzene rings is 2. The van der Waals surface area contributed by atoms with Crippen LogP contribution < -0.4 is 15.8 Å². The Balaban J connectivity index is 0.00000145. The van der Waals surface area contributed by atoms with Gasteiger partial charge < -0.3 is 15.8 Å². The van der Waals surface area contributed by atoms with Crippen molar-refractivity contribution in [1.82, 2.24) is 10.3 Å². The first-order chi connectivity index (χ1) is 14.0. The fourth-order valence-electron chi connectivity index (χ4n) is 2.55. The monoisotopic (exact) mass is 401 g/mol. The molecule has 3 aromatic rings. The first kappa shape index (κ1) is 22.2. The fourth-order valence-corrected chi connectivity index (χ4v) is 2.55. The maximum absolute atomic E-state index is 13.7.